The van der Waals surface area contributed by atoms with Gasteiger partial charge in [-0.25, -0.2) is 0 Å². The quantitative estimate of drug-likeness (QED) is 0.535. The van der Waals surface area contributed by atoms with Crippen LogP contribution in [0.1, 0.15) is 75.3 Å². The molecule has 1 N–H and O–H groups in total. The molecule has 1 aliphatic heterocycles. The molecule has 2 fully saturated rings. The molecule has 2 aromatic rings. The molecule has 172 valence electrons. The van der Waals surface area contributed by atoms with E-state index in [9.17, 15) is 4.79 Å². The molecule has 4 rings (SSSR count). The number of hydrogen-bond acceptors (Lipinski definition) is 3. The Hall–Kier alpha value is -2.33. The largest absolute Gasteiger partial charge is 0.483 e. The van der Waals surface area contributed by atoms with Gasteiger partial charge in [-0.05, 0) is 74.9 Å². The molecule has 0 spiro atoms. The summed E-state index contributed by atoms with van der Waals surface area (Å²) in [6, 6.07) is 19.5. The number of ether oxygens (including phenoxy) is 1. The summed E-state index contributed by atoms with van der Waals surface area (Å²) in [4.78, 5) is 13.1. The SMILES string of the molecule is CC(Oc1ccccc1)(c1ccc(C2CCN(CCC(=O)O)CC2)cc1)C1CCCCC1. The standard InChI is InChI=1S/C28H37NO3/c1-28(24-8-4-2-5-9-24,32-26-10-6-3-7-11-26)25-14-12-22(13-15-25)23-16-19-29(20-17-23)21-18-27(30)31/h3,6-7,10-15,23-24H,2,4-5,8-9,16-21H2,1H3,(H,30,31). The van der Waals surface area contributed by atoms with E-state index in [2.05, 4.69) is 48.2 Å². The average molecular weight is 436 g/mol. The third-order valence-corrected chi connectivity index (χ3v) is 7.64. The average Bonchev–Trinajstić information content (AvgIpc) is 2.84. The lowest BCUT2D eigenvalue weighted by Crippen LogP contribution is -2.39. The predicted octanol–water partition coefficient (Wildman–Crippen LogP) is 6.22. The molecule has 2 aliphatic rings. The molecule has 0 amide bonds. The molecule has 0 aromatic heterocycles. The minimum atomic E-state index is -0.707. The van der Waals surface area contributed by atoms with Crippen molar-refractivity contribution < 1.29 is 14.6 Å². The Morgan fingerprint density at radius 2 is 1.62 bits per heavy atom. The second-order valence-corrected chi connectivity index (χ2v) is 9.74. The van der Waals surface area contributed by atoms with Gasteiger partial charge in [0.1, 0.15) is 11.4 Å². The summed E-state index contributed by atoms with van der Waals surface area (Å²) in [5.41, 5.74) is 2.36. The van der Waals surface area contributed by atoms with Gasteiger partial charge in [0.2, 0.25) is 0 Å². The Bertz CT molecular complexity index is 852. The van der Waals surface area contributed by atoms with Gasteiger partial charge in [0.25, 0.3) is 0 Å². The first-order chi connectivity index (χ1) is 15.5. The smallest absolute Gasteiger partial charge is 0.304 e. The molecule has 0 bridgehead atoms. The molecule has 32 heavy (non-hydrogen) atoms. The first-order valence-corrected chi connectivity index (χ1v) is 12.3. The van der Waals surface area contributed by atoms with Crippen molar-refractivity contribution in [2.24, 2.45) is 5.92 Å². The van der Waals surface area contributed by atoms with E-state index in [0.717, 1.165) is 31.7 Å². The second-order valence-electron chi connectivity index (χ2n) is 9.74. The fraction of sp³-hybridized carbons (Fsp3) is 0.536. The van der Waals surface area contributed by atoms with Gasteiger partial charge >= 0.3 is 5.97 Å². The maximum atomic E-state index is 10.8. The number of nitrogens with zero attached hydrogens (tertiary/aromatic N) is 1. The lowest BCUT2D eigenvalue weighted by Gasteiger charge is -2.41. The van der Waals surface area contributed by atoms with Gasteiger partial charge in [-0.3, -0.25) is 4.79 Å². The molecule has 1 aliphatic carbocycles. The normalized spacial score (nSPS) is 20.5. The zero-order chi connectivity index (χ0) is 22.4. The topological polar surface area (TPSA) is 49.8 Å². The highest BCUT2D eigenvalue weighted by molar-refractivity contribution is 5.66. The molecule has 1 atom stereocenters. The molecule has 4 nitrogen and oxygen atoms in total. The number of likely N-dealkylation sites (tertiary alicyclic amines) is 1. The summed E-state index contributed by atoms with van der Waals surface area (Å²) in [5.74, 6) is 1.32. The molecule has 0 radical (unpaired) electrons. The van der Waals surface area contributed by atoms with E-state index in [0.29, 0.717) is 18.4 Å². The zero-order valence-electron chi connectivity index (χ0n) is 19.3. The van der Waals surface area contributed by atoms with E-state index in [1.54, 1.807) is 0 Å². The molecule has 1 saturated carbocycles. The van der Waals surface area contributed by atoms with Crippen LogP contribution in [-0.4, -0.2) is 35.6 Å². The summed E-state index contributed by atoms with van der Waals surface area (Å²) in [6.45, 7) is 4.91. The van der Waals surface area contributed by atoms with Crippen LogP contribution in [0, 0.1) is 5.92 Å². The van der Waals surface area contributed by atoms with Crippen LogP contribution in [0.25, 0.3) is 0 Å². The van der Waals surface area contributed by atoms with Crippen molar-refractivity contribution >= 4 is 5.97 Å². The Labute approximate surface area is 192 Å². The summed E-state index contributed by atoms with van der Waals surface area (Å²) in [5, 5.41) is 8.92. The molecule has 1 heterocycles. The highest BCUT2D eigenvalue weighted by Crippen LogP contribution is 2.43. The van der Waals surface area contributed by atoms with E-state index >= 15 is 0 Å². The number of carboxylic acid groups (broad SMARTS) is 1. The zero-order valence-corrected chi connectivity index (χ0v) is 19.3. The first kappa shape index (κ1) is 22.8. The van der Waals surface area contributed by atoms with Crippen molar-refractivity contribution in [1.29, 1.82) is 0 Å². The number of para-hydroxylation sites is 1. The first-order valence-electron chi connectivity index (χ1n) is 12.3. The second kappa shape index (κ2) is 10.5. The summed E-state index contributed by atoms with van der Waals surface area (Å²) in [7, 11) is 0. The van der Waals surface area contributed by atoms with Crippen LogP contribution < -0.4 is 4.74 Å². The Kier molecular flexibility index (Phi) is 7.51. The number of carboxylic acids is 1. The van der Waals surface area contributed by atoms with E-state index in [4.69, 9.17) is 9.84 Å². The summed E-state index contributed by atoms with van der Waals surface area (Å²) < 4.78 is 6.72. The Balaban J connectivity index is 1.46. The maximum Gasteiger partial charge on any atom is 0.304 e. The van der Waals surface area contributed by atoms with Crippen molar-refractivity contribution in [2.75, 3.05) is 19.6 Å². The third-order valence-electron chi connectivity index (χ3n) is 7.64. The van der Waals surface area contributed by atoms with E-state index in [1.165, 1.54) is 43.2 Å². The van der Waals surface area contributed by atoms with Crippen molar-refractivity contribution in [1.82, 2.24) is 4.90 Å². The van der Waals surface area contributed by atoms with Crippen LogP contribution in [-0.2, 0) is 10.4 Å². The lowest BCUT2D eigenvalue weighted by atomic mass is 9.74. The van der Waals surface area contributed by atoms with Crippen molar-refractivity contribution in [3.63, 3.8) is 0 Å². The number of aliphatic carboxylic acids is 1. The van der Waals surface area contributed by atoms with Crippen molar-refractivity contribution in [3.05, 3.63) is 65.7 Å². The third kappa shape index (κ3) is 5.53. The molecular weight excluding hydrogens is 398 g/mol. The van der Waals surface area contributed by atoms with E-state index < -0.39 is 5.97 Å². The van der Waals surface area contributed by atoms with Crippen LogP contribution in [0.4, 0.5) is 0 Å². The molecule has 2 aromatic carbocycles. The number of benzene rings is 2. The van der Waals surface area contributed by atoms with E-state index in [-0.39, 0.29) is 12.0 Å². The summed E-state index contributed by atoms with van der Waals surface area (Å²) in [6.07, 6.45) is 8.79. The van der Waals surface area contributed by atoms with Gasteiger partial charge in [0, 0.05) is 12.5 Å². The molecule has 1 saturated heterocycles. The monoisotopic (exact) mass is 435 g/mol. The number of rotatable bonds is 8. The molecular formula is C28H37NO3. The molecule has 4 heteroatoms. The van der Waals surface area contributed by atoms with Crippen LogP contribution in [0.2, 0.25) is 0 Å². The number of carbonyl (C=O) groups is 1. The van der Waals surface area contributed by atoms with Gasteiger partial charge in [-0.1, -0.05) is 61.7 Å². The minimum absolute atomic E-state index is 0.237. The fourth-order valence-electron chi connectivity index (χ4n) is 5.59. The fourth-order valence-corrected chi connectivity index (χ4v) is 5.59. The Morgan fingerprint density at radius 3 is 2.25 bits per heavy atom. The van der Waals surface area contributed by atoms with Gasteiger partial charge in [0.15, 0.2) is 0 Å². The van der Waals surface area contributed by atoms with Gasteiger partial charge in [-0.15, -0.1) is 0 Å². The molecule has 1 unspecified atom stereocenters. The number of piperidine rings is 1. The van der Waals surface area contributed by atoms with Gasteiger partial charge < -0.3 is 14.7 Å². The van der Waals surface area contributed by atoms with Crippen molar-refractivity contribution in [2.45, 2.75) is 69.8 Å². The summed E-state index contributed by atoms with van der Waals surface area (Å²) >= 11 is 0. The predicted molar refractivity (Wildman–Crippen MR) is 128 cm³/mol. The van der Waals surface area contributed by atoms with Crippen LogP contribution in [0.3, 0.4) is 0 Å². The number of hydrogen-bond donors (Lipinski definition) is 1. The highest BCUT2D eigenvalue weighted by atomic mass is 16.5. The Morgan fingerprint density at radius 1 is 0.969 bits per heavy atom. The van der Waals surface area contributed by atoms with Crippen molar-refractivity contribution in [3.8, 4) is 5.75 Å². The van der Waals surface area contributed by atoms with Gasteiger partial charge in [-0.2, -0.15) is 0 Å². The van der Waals surface area contributed by atoms with Gasteiger partial charge in [0.05, 0.1) is 6.42 Å². The maximum absolute atomic E-state index is 10.8. The lowest BCUT2D eigenvalue weighted by molar-refractivity contribution is -0.137. The van der Waals surface area contributed by atoms with Crippen LogP contribution in [0.5, 0.6) is 5.75 Å². The van der Waals surface area contributed by atoms with Crippen LogP contribution >= 0.6 is 0 Å². The van der Waals surface area contributed by atoms with Crippen LogP contribution in [0.15, 0.2) is 54.6 Å². The highest BCUT2D eigenvalue weighted by Gasteiger charge is 2.39. The van der Waals surface area contributed by atoms with E-state index in [1.807, 2.05) is 18.2 Å². The minimum Gasteiger partial charge on any atom is -0.483 e.